The predicted octanol–water partition coefficient (Wildman–Crippen LogP) is 2.08. The highest BCUT2D eigenvalue weighted by Gasteiger charge is 2.61. The molecule has 6 heteroatoms. The molecule has 0 saturated carbocycles. The summed E-state index contributed by atoms with van der Waals surface area (Å²) in [6.07, 6.45) is 0.758. The lowest BCUT2D eigenvalue weighted by atomic mass is 9.83. The third-order valence-electron chi connectivity index (χ3n) is 4.78. The topological polar surface area (TPSA) is 46.6 Å². The number of hydrogen-bond donors (Lipinski definition) is 0. The number of hydrogen-bond acceptors (Lipinski definition) is 5. The van der Waals surface area contributed by atoms with E-state index in [0.717, 1.165) is 13.0 Å². The first-order chi connectivity index (χ1) is 9.97. The van der Waals surface area contributed by atoms with Crippen LogP contribution in [0.15, 0.2) is 12.1 Å². The van der Waals surface area contributed by atoms with E-state index in [1.165, 1.54) is 9.75 Å². The van der Waals surface area contributed by atoms with Crippen LogP contribution in [0, 0.1) is 12.8 Å². The fourth-order valence-corrected chi connectivity index (χ4v) is 6.97. The van der Waals surface area contributed by atoms with Crippen molar-refractivity contribution in [2.75, 3.05) is 32.1 Å². The van der Waals surface area contributed by atoms with Crippen LogP contribution in [0.5, 0.6) is 0 Å². The quantitative estimate of drug-likeness (QED) is 0.830. The molecule has 0 radical (unpaired) electrons. The Balaban J connectivity index is 1.67. The summed E-state index contributed by atoms with van der Waals surface area (Å²) < 4.78 is 29.9. The second-order valence-electron chi connectivity index (χ2n) is 6.19. The van der Waals surface area contributed by atoms with Crippen molar-refractivity contribution < 1.29 is 13.2 Å². The summed E-state index contributed by atoms with van der Waals surface area (Å²) in [5.74, 6) is 0.500. The molecule has 2 aliphatic heterocycles. The van der Waals surface area contributed by atoms with Gasteiger partial charge in [0.15, 0.2) is 9.84 Å². The molecule has 0 aliphatic carbocycles. The highest BCUT2D eigenvalue weighted by atomic mass is 32.2. The Morgan fingerprint density at radius 3 is 2.81 bits per heavy atom. The molecule has 0 aromatic carbocycles. The maximum absolute atomic E-state index is 12.5. The molecule has 1 spiro atoms. The molecule has 118 valence electrons. The zero-order valence-electron chi connectivity index (χ0n) is 12.7. The molecule has 3 heterocycles. The van der Waals surface area contributed by atoms with Crippen LogP contribution >= 0.6 is 11.3 Å². The van der Waals surface area contributed by atoms with Crippen molar-refractivity contribution in [3.63, 3.8) is 0 Å². The van der Waals surface area contributed by atoms with E-state index < -0.39 is 14.6 Å². The molecule has 1 unspecified atom stereocenters. The molecule has 4 nitrogen and oxygen atoms in total. The van der Waals surface area contributed by atoms with E-state index in [0.29, 0.717) is 32.1 Å². The van der Waals surface area contributed by atoms with Crippen molar-refractivity contribution >= 4 is 21.2 Å². The van der Waals surface area contributed by atoms with Crippen molar-refractivity contribution in [1.82, 2.24) is 4.90 Å². The number of aryl methyl sites for hydroxylation is 1. The van der Waals surface area contributed by atoms with Gasteiger partial charge in [-0.2, -0.15) is 0 Å². The minimum Gasteiger partial charge on any atom is -0.381 e. The van der Waals surface area contributed by atoms with Crippen LogP contribution in [0.25, 0.3) is 0 Å². The molecule has 0 bridgehead atoms. The van der Waals surface area contributed by atoms with Crippen LogP contribution < -0.4 is 0 Å². The van der Waals surface area contributed by atoms with Crippen LogP contribution in [0.1, 0.15) is 23.1 Å². The molecule has 2 aliphatic rings. The minimum atomic E-state index is -2.97. The largest absolute Gasteiger partial charge is 0.381 e. The smallest absolute Gasteiger partial charge is 0.158 e. The molecular weight excluding hydrogens is 306 g/mol. The molecule has 0 N–H and O–H groups in total. The molecule has 21 heavy (non-hydrogen) atoms. The summed E-state index contributed by atoms with van der Waals surface area (Å²) in [5.41, 5.74) is 0. The van der Waals surface area contributed by atoms with Crippen molar-refractivity contribution in [2.24, 2.45) is 5.92 Å². The predicted molar refractivity (Wildman–Crippen MR) is 85.5 cm³/mol. The van der Waals surface area contributed by atoms with Gasteiger partial charge in [0, 0.05) is 41.9 Å². The number of thiophene rings is 1. The SMILES string of the molecule is CCOCC1CCS(=O)(=O)C12CN(Cc1ccc(C)s1)C2. The fraction of sp³-hybridized carbons (Fsp3) is 0.733. The van der Waals surface area contributed by atoms with Crippen LogP contribution in [0.4, 0.5) is 0 Å². The molecule has 0 amide bonds. The lowest BCUT2D eigenvalue weighted by Gasteiger charge is -2.49. The highest BCUT2D eigenvalue weighted by molar-refractivity contribution is 7.93. The van der Waals surface area contributed by atoms with Gasteiger partial charge in [0.25, 0.3) is 0 Å². The van der Waals surface area contributed by atoms with Crippen molar-refractivity contribution in [2.45, 2.75) is 31.6 Å². The summed E-state index contributed by atoms with van der Waals surface area (Å²) in [4.78, 5) is 4.88. The van der Waals surface area contributed by atoms with Gasteiger partial charge in [-0.1, -0.05) is 0 Å². The maximum Gasteiger partial charge on any atom is 0.158 e. The first kappa shape index (κ1) is 15.5. The van der Waals surface area contributed by atoms with Gasteiger partial charge < -0.3 is 4.74 Å². The number of sulfone groups is 1. The Bertz CT molecular complexity index is 602. The summed E-state index contributed by atoms with van der Waals surface area (Å²) in [6, 6.07) is 4.27. The average molecular weight is 329 g/mol. The van der Waals surface area contributed by atoms with Crippen molar-refractivity contribution in [1.29, 1.82) is 0 Å². The van der Waals surface area contributed by atoms with E-state index in [4.69, 9.17) is 4.74 Å². The van der Waals surface area contributed by atoms with Gasteiger partial charge in [0.1, 0.15) is 4.75 Å². The van der Waals surface area contributed by atoms with Gasteiger partial charge in [0.05, 0.1) is 12.4 Å². The second-order valence-corrected chi connectivity index (χ2v) is 10.0. The van der Waals surface area contributed by atoms with E-state index in [9.17, 15) is 8.42 Å². The Labute approximate surface area is 131 Å². The minimum absolute atomic E-state index is 0.170. The second kappa shape index (κ2) is 5.65. The Hall–Kier alpha value is -0.430. The summed E-state index contributed by atoms with van der Waals surface area (Å²) in [6.45, 7) is 7.52. The molecule has 1 atom stereocenters. The van der Waals surface area contributed by atoms with E-state index in [1.807, 2.05) is 6.92 Å². The number of likely N-dealkylation sites (tertiary alicyclic amines) is 1. The normalized spacial score (nSPS) is 27.0. The van der Waals surface area contributed by atoms with Gasteiger partial charge in [-0.05, 0) is 32.4 Å². The van der Waals surface area contributed by atoms with E-state index in [-0.39, 0.29) is 5.92 Å². The molecule has 1 aromatic heterocycles. The first-order valence-electron chi connectivity index (χ1n) is 7.54. The Kier molecular flexibility index (Phi) is 4.16. The third-order valence-corrected chi connectivity index (χ3v) is 8.37. The lowest BCUT2D eigenvalue weighted by Crippen LogP contribution is -2.67. The van der Waals surface area contributed by atoms with Crippen LogP contribution in [0.3, 0.4) is 0 Å². The fourth-order valence-electron chi connectivity index (χ4n) is 3.58. The van der Waals surface area contributed by atoms with E-state index >= 15 is 0 Å². The molecule has 2 saturated heterocycles. The van der Waals surface area contributed by atoms with Gasteiger partial charge in [-0.15, -0.1) is 11.3 Å². The monoisotopic (exact) mass is 329 g/mol. The zero-order valence-corrected chi connectivity index (χ0v) is 14.3. The van der Waals surface area contributed by atoms with Gasteiger partial charge in [0.2, 0.25) is 0 Å². The summed E-state index contributed by atoms with van der Waals surface area (Å²) >= 11 is 1.80. The number of rotatable bonds is 5. The Morgan fingerprint density at radius 1 is 1.43 bits per heavy atom. The molecule has 3 rings (SSSR count). The van der Waals surface area contributed by atoms with Gasteiger partial charge in [-0.3, -0.25) is 4.90 Å². The zero-order chi connectivity index (χ0) is 15.1. The standard InChI is InChI=1S/C15H23NO3S2/c1-3-19-9-13-6-7-21(17,18)15(13)10-16(11-15)8-14-5-4-12(2)20-14/h4-5,13H,3,6-11H2,1-2H3. The first-order valence-corrected chi connectivity index (χ1v) is 10.0. The summed E-state index contributed by atoms with van der Waals surface area (Å²) in [5, 5.41) is 0. The molecular formula is C15H23NO3S2. The van der Waals surface area contributed by atoms with Gasteiger partial charge in [-0.25, -0.2) is 8.42 Å². The van der Waals surface area contributed by atoms with Crippen molar-refractivity contribution in [3.8, 4) is 0 Å². The lowest BCUT2D eigenvalue weighted by molar-refractivity contribution is 0.0297. The summed E-state index contributed by atoms with van der Waals surface area (Å²) in [7, 11) is -2.97. The van der Waals surface area contributed by atoms with Crippen molar-refractivity contribution in [3.05, 3.63) is 21.9 Å². The van der Waals surface area contributed by atoms with Crippen LogP contribution in [-0.2, 0) is 21.1 Å². The van der Waals surface area contributed by atoms with E-state index in [2.05, 4.69) is 24.0 Å². The molecule has 1 aromatic rings. The Morgan fingerprint density at radius 2 is 2.19 bits per heavy atom. The van der Waals surface area contributed by atoms with E-state index in [1.54, 1.807) is 11.3 Å². The maximum atomic E-state index is 12.5. The highest BCUT2D eigenvalue weighted by Crippen LogP contribution is 2.45. The van der Waals surface area contributed by atoms with Gasteiger partial charge >= 0.3 is 0 Å². The van der Waals surface area contributed by atoms with Crippen LogP contribution in [-0.4, -0.2) is 50.1 Å². The number of nitrogens with zero attached hydrogens (tertiary/aromatic N) is 1. The van der Waals surface area contributed by atoms with Crippen LogP contribution in [0.2, 0.25) is 0 Å². The average Bonchev–Trinajstić information content (AvgIpc) is 2.89. The number of ether oxygens (including phenoxy) is 1. The third kappa shape index (κ3) is 2.67. The molecule has 2 fully saturated rings.